The molecular weight excluding hydrogens is 296 g/mol. The summed E-state index contributed by atoms with van der Waals surface area (Å²) in [5.74, 6) is 0.669. The molecule has 0 atom stereocenters. The molecule has 6 nitrogen and oxygen atoms in total. The molecule has 0 saturated carbocycles. The highest BCUT2D eigenvalue weighted by Crippen LogP contribution is 2.28. The van der Waals surface area contributed by atoms with Crippen molar-refractivity contribution in [2.75, 3.05) is 18.5 Å². The Bertz CT molecular complexity index is 672. The lowest BCUT2D eigenvalue weighted by Crippen LogP contribution is -2.20. The van der Waals surface area contributed by atoms with Gasteiger partial charge in [0.2, 0.25) is 0 Å². The summed E-state index contributed by atoms with van der Waals surface area (Å²) >= 11 is 0. The Balaban J connectivity index is 2.00. The predicted molar refractivity (Wildman–Crippen MR) is 87.6 cm³/mol. The monoisotopic (exact) mass is 314 g/mol. The van der Waals surface area contributed by atoms with Crippen LogP contribution in [0.1, 0.15) is 12.5 Å². The van der Waals surface area contributed by atoms with Gasteiger partial charge in [0.05, 0.1) is 12.8 Å². The summed E-state index contributed by atoms with van der Waals surface area (Å²) in [7, 11) is 0. The number of carbonyl (C=O) groups excluding carboxylic acids is 1. The minimum Gasteiger partial charge on any atom is -0.490 e. The number of nitrogens with one attached hydrogen (secondary N) is 1. The highest BCUT2D eigenvalue weighted by atomic mass is 16.5. The van der Waals surface area contributed by atoms with E-state index in [1.807, 2.05) is 25.1 Å². The van der Waals surface area contributed by atoms with E-state index < -0.39 is 0 Å². The fourth-order valence-corrected chi connectivity index (χ4v) is 1.92. The van der Waals surface area contributed by atoms with Crippen molar-refractivity contribution in [2.45, 2.75) is 6.92 Å². The molecular formula is C17H18N2O4. The van der Waals surface area contributed by atoms with E-state index in [4.69, 9.17) is 14.7 Å². The van der Waals surface area contributed by atoms with Crippen LogP contribution in [0.3, 0.4) is 0 Å². The van der Waals surface area contributed by atoms with Gasteiger partial charge in [0, 0.05) is 11.3 Å². The molecule has 0 heterocycles. The zero-order valence-electron chi connectivity index (χ0n) is 12.7. The summed E-state index contributed by atoms with van der Waals surface area (Å²) < 4.78 is 11.0. The van der Waals surface area contributed by atoms with E-state index in [1.54, 1.807) is 30.3 Å². The lowest BCUT2D eigenvalue weighted by atomic mass is 10.2. The molecule has 0 spiro atoms. The molecule has 0 radical (unpaired) electrons. The quantitative estimate of drug-likeness (QED) is 0.468. The Morgan fingerprint density at radius 2 is 1.96 bits per heavy atom. The SMILES string of the molecule is CCOc1cc(/C=N/O)ccc1OCC(=O)Nc1ccccc1. The fraction of sp³-hybridized carbons (Fsp3) is 0.176. The molecule has 0 bridgehead atoms. The number of carbonyl (C=O) groups is 1. The van der Waals surface area contributed by atoms with Gasteiger partial charge >= 0.3 is 0 Å². The Morgan fingerprint density at radius 3 is 2.65 bits per heavy atom. The maximum Gasteiger partial charge on any atom is 0.262 e. The van der Waals surface area contributed by atoms with Crippen LogP contribution >= 0.6 is 0 Å². The number of nitrogens with zero attached hydrogens (tertiary/aromatic N) is 1. The minimum absolute atomic E-state index is 0.137. The van der Waals surface area contributed by atoms with Crippen molar-refractivity contribution in [3.8, 4) is 11.5 Å². The van der Waals surface area contributed by atoms with Crippen molar-refractivity contribution in [1.29, 1.82) is 0 Å². The second-order valence-corrected chi connectivity index (χ2v) is 4.59. The molecule has 0 saturated heterocycles. The molecule has 2 rings (SSSR count). The number of rotatable bonds is 7. The van der Waals surface area contributed by atoms with Crippen LogP contribution in [0.25, 0.3) is 0 Å². The average molecular weight is 314 g/mol. The van der Waals surface area contributed by atoms with Crippen molar-refractivity contribution in [1.82, 2.24) is 0 Å². The molecule has 1 amide bonds. The van der Waals surface area contributed by atoms with Crippen LogP contribution in [0.15, 0.2) is 53.7 Å². The van der Waals surface area contributed by atoms with Gasteiger partial charge in [0.15, 0.2) is 18.1 Å². The molecule has 23 heavy (non-hydrogen) atoms. The highest BCUT2D eigenvalue weighted by molar-refractivity contribution is 5.91. The van der Waals surface area contributed by atoms with E-state index in [9.17, 15) is 4.79 Å². The average Bonchev–Trinajstić information content (AvgIpc) is 2.56. The zero-order chi connectivity index (χ0) is 16.5. The number of para-hydroxylation sites is 1. The first-order chi connectivity index (χ1) is 11.2. The maximum atomic E-state index is 11.9. The summed E-state index contributed by atoms with van der Waals surface area (Å²) in [5.41, 5.74) is 1.37. The molecule has 2 N–H and O–H groups in total. The number of hydrogen-bond acceptors (Lipinski definition) is 5. The summed E-state index contributed by atoms with van der Waals surface area (Å²) in [6.45, 7) is 2.16. The van der Waals surface area contributed by atoms with Crippen molar-refractivity contribution < 1.29 is 19.5 Å². The standard InChI is InChI=1S/C17H18N2O4/c1-2-22-16-10-13(11-18-21)8-9-15(16)23-12-17(20)19-14-6-4-3-5-7-14/h3-11,21H,2,12H2,1H3,(H,19,20)/b18-11+. The predicted octanol–water partition coefficient (Wildman–Crippen LogP) is 2.91. The van der Waals surface area contributed by atoms with Crippen LogP contribution in [-0.4, -0.2) is 30.5 Å². The third kappa shape index (κ3) is 5.03. The molecule has 0 aromatic heterocycles. The molecule has 2 aromatic carbocycles. The largest absolute Gasteiger partial charge is 0.490 e. The van der Waals surface area contributed by atoms with Gasteiger partial charge in [-0.05, 0) is 37.3 Å². The van der Waals surface area contributed by atoms with Crippen molar-refractivity contribution in [3.63, 3.8) is 0 Å². The Labute approximate surface area is 134 Å². The first-order valence-corrected chi connectivity index (χ1v) is 7.15. The van der Waals surface area contributed by atoms with E-state index in [0.717, 1.165) is 0 Å². The number of hydrogen-bond donors (Lipinski definition) is 2. The third-order valence-electron chi connectivity index (χ3n) is 2.89. The highest BCUT2D eigenvalue weighted by Gasteiger charge is 2.09. The topological polar surface area (TPSA) is 80.2 Å². The van der Waals surface area contributed by atoms with Crippen molar-refractivity contribution in [2.24, 2.45) is 5.16 Å². The van der Waals surface area contributed by atoms with Crippen molar-refractivity contribution in [3.05, 3.63) is 54.1 Å². The van der Waals surface area contributed by atoms with Gasteiger partial charge in [-0.3, -0.25) is 4.79 Å². The van der Waals surface area contributed by atoms with E-state index in [0.29, 0.717) is 29.4 Å². The van der Waals surface area contributed by atoms with Gasteiger partial charge in [-0.25, -0.2) is 0 Å². The van der Waals surface area contributed by atoms with Gasteiger partial charge in [-0.1, -0.05) is 23.4 Å². The lowest BCUT2D eigenvalue weighted by molar-refractivity contribution is -0.118. The van der Waals surface area contributed by atoms with Gasteiger partial charge in [-0.2, -0.15) is 0 Å². The van der Waals surface area contributed by atoms with E-state index >= 15 is 0 Å². The van der Waals surface area contributed by atoms with Crippen molar-refractivity contribution >= 4 is 17.8 Å². The second kappa shape index (κ2) is 8.43. The number of anilines is 1. The fourth-order valence-electron chi connectivity index (χ4n) is 1.92. The number of oxime groups is 1. The molecule has 0 aliphatic heterocycles. The molecule has 2 aromatic rings. The Kier molecular flexibility index (Phi) is 5.99. The van der Waals surface area contributed by atoms with Crippen LogP contribution in [0.5, 0.6) is 11.5 Å². The minimum atomic E-state index is -0.264. The number of ether oxygens (including phenoxy) is 2. The molecule has 6 heteroatoms. The summed E-state index contributed by atoms with van der Waals surface area (Å²) in [6, 6.07) is 14.2. The maximum absolute atomic E-state index is 11.9. The van der Waals surface area contributed by atoms with Crippen LogP contribution in [-0.2, 0) is 4.79 Å². The lowest BCUT2D eigenvalue weighted by Gasteiger charge is -2.12. The van der Waals surface area contributed by atoms with Gasteiger partial charge < -0.3 is 20.0 Å². The van der Waals surface area contributed by atoms with Gasteiger partial charge in [0.1, 0.15) is 0 Å². The molecule has 120 valence electrons. The van der Waals surface area contributed by atoms with E-state index in [1.165, 1.54) is 6.21 Å². The first-order valence-electron chi connectivity index (χ1n) is 7.15. The van der Waals surface area contributed by atoms with Crippen LogP contribution < -0.4 is 14.8 Å². The number of amides is 1. The normalized spacial score (nSPS) is 10.5. The van der Waals surface area contributed by atoms with E-state index in [-0.39, 0.29) is 12.5 Å². The van der Waals surface area contributed by atoms with Crippen LogP contribution in [0.4, 0.5) is 5.69 Å². The first kappa shape index (κ1) is 16.4. The smallest absolute Gasteiger partial charge is 0.262 e. The Hall–Kier alpha value is -3.02. The van der Waals surface area contributed by atoms with Crippen LogP contribution in [0.2, 0.25) is 0 Å². The molecule has 0 aliphatic carbocycles. The molecule has 0 fully saturated rings. The summed E-state index contributed by atoms with van der Waals surface area (Å²) in [5, 5.41) is 14.3. The Morgan fingerprint density at radius 1 is 1.17 bits per heavy atom. The zero-order valence-corrected chi connectivity index (χ0v) is 12.7. The summed E-state index contributed by atoms with van der Waals surface area (Å²) in [6.07, 6.45) is 1.29. The molecule has 0 unspecified atom stereocenters. The molecule has 0 aliphatic rings. The number of benzene rings is 2. The summed E-state index contributed by atoms with van der Waals surface area (Å²) in [4.78, 5) is 11.9. The van der Waals surface area contributed by atoms with E-state index in [2.05, 4.69) is 10.5 Å². The van der Waals surface area contributed by atoms with Gasteiger partial charge in [0.25, 0.3) is 5.91 Å². The van der Waals surface area contributed by atoms with Crippen LogP contribution in [0, 0.1) is 0 Å². The van der Waals surface area contributed by atoms with Gasteiger partial charge in [-0.15, -0.1) is 0 Å². The third-order valence-corrected chi connectivity index (χ3v) is 2.89. The second-order valence-electron chi connectivity index (χ2n) is 4.59.